The Bertz CT molecular complexity index is 579. The molecule has 1 saturated carbocycles. The van der Waals surface area contributed by atoms with Crippen LogP contribution < -0.4 is 5.32 Å². The van der Waals surface area contributed by atoms with Crippen LogP contribution in [0.5, 0.6) is 0 Å². The monoisotopic (exact) mass is 400 g/mol. The summed E-state index contributed by atoms with van der Waals surface area (Å²) >= 11 is 3.98. The van der Waals surface area contributed by atoms with E-state index in [1.165, 1.54) is 34.9 Å². The minimum atomic E-state index is 0.584. The highest BCUT2D eigenvalue weighted by molar-refractivity contribution is 14.1. The molecule has 6 heteroatoms. The van der Waals surface area contributed by atoms with E-state index in [9.17, 15) is 0 Å². The number of aromatic nitrogens is 3. The van der Waals surface area contributed by atoms with Crippen LogP contribution in [0.4, 0.5) is 5.82 Å². The van der Waals surface area contributed by atoms with Gasteiger partial charge in [-0.1, -0.05) is 12.8 Å². The maximum atomic E-state index is 4.83. The number of nitrogens with one attached hydrogen (secondary N) is 1. The van der Waals surface area contributed by atoms with Crippen molar-refractivity contribution in [2.45, 2.75) is 38.5 Å². The smallest absolute Gasteiger partial charge is 0.191 e. The molecule has 2 heterocycles. The summed E-state index contributed by atoms with van der Waals surface area (Å²) in [5, 5.41) is 6.23. The Hall–Kier alpha value is -0.760. The standard InChI is InChI=1S/C14H17IN4S/c1-2-16-12-10(15)11(9-5-3-4-6-9)18-13(19-12)14-17-7-8-20-14/h7-9H,2-6H2,1H3,(H,16,18,19). The Morgan fingerprint density at radius 1 is 1.35 bits per heavy atom. The van der Waals surface area contributed by atoms with E-state index in [0.717, 1.165) is 23.2 Å². The molecule has 0 spiro atoms. The lowest BCUT2D eigenvalue weighted by atomic mass is 10.0. The molecule has 1 aliphatic rings. The Kier molecular flexibility index (Phi) is 4.50. The summed E-state index contributed by atoms with van der Waals surface area (Å²) < 4.78 is 1.18. The number of halogens is 1. The molecule has 0 radical (unpaired) electrons. The van der Waals surface area contributed by atoms with Gasteiger partial charge in [0.2, 0.25) is 0 Å². The van der Waals surface area contributed by atoms with E-state index in [1.54, 1.807) is 11.3 Å². The van der Waals surface area contributed by atoms with Crippen molar-refractivity contribution in [3.8, 4) is 10.8 Å². The Balaban J connectivity index is 2.07. The molecule has 2 aromatic heterocycles. The van der Waals surface area contributed by atoms with E-state index in [1.807, 2.05) is 11.6 Å². The third-order valence-electron chi connectivity index (χ3n) is 3.59. The summed E-state index contributed by atoms with van der Waals surface area (Å²) in [5.74, 6) is 2.30. The average Bonchev–Trinajstić information content (AvgIpc) is 3.14. The first-order valence-electron chi connectivity index (χ1n) is 7.00. The highest BCUT2D eigenvalue weighted by Gasteiger charge is 2.24. The molecule has 106 valence electrons. The number of rotatable bonds is 4. The molecule has 0 saturated heterocycles. The van der Waals surface area contributed by atoms with E-state index in [0.29, 0.717) is 5.92 Å². The molecule has 20 heavy (non-hydrogen) atoms. The van der Waals surface area contributed by atoms with Crippen molar-refractivity contribution >= 4 is 39.7 Å². The van der Waals surface area contributed by atoms with Gasteiger partial charge < -0.3 is 5.32 Å². The van der Waals surface area contributed by atoms with Crippen molar-refractivity contribution in [1.82, 2.24) is 15.0 Å². The minimum absolute atomic E-state index is 0.584. The van der Waals surface area contributed by atoms with Gasteiger partial charge in [0, 0.05) is 24.0 Å². The van der Waals surface area contributed by atoms with Crippen molar-refractivity contribution in [1.29, 1.82) is 0 Å². The zero-order valence-electron chi connectivity index (χ0n) is 11.4. The number of hydrogen-bond donors (Lipinski definition) is 1. The zero-order valence-corrected chi connectivity index (χ0v) is 14.4. The van der Waals surface area contributed by atoms with Crippen molar-refractivity contribution in [3.63, 3.8) is 0 Å². The molecular weight excluding hydrogens is 383 g/mol. The van der Waals surface area contributed by atoms with Crippen LogP contribution in [0.3, 0.4) is 0 Å². The number of thiazole rings is 1. The van der Waals surface area contributed by atoms with E-state index in [4.69, 9.17) is 4.98 Å². The zero-order chi connectivity index (χ0) is 13.9. The quantitative estimate of drug-likeness (QED) is 0.778. The fourth-order valence-electron chi connectivity index (χ4n) is 2.65. The first-order valence-corrected chi connectivity index (χ1v) is 8.96. The van der Waals surface area contributed by atoms with Crippen LogP contribution in [0.1, 0.15) is 44.2 Å². The van der Waals surface area contributed by atoms with Crippen LogP contribution in [0, 0.1) is 3.57 Å². The third kappa shape index (κ3) is 2.81. The van der Waals surface area contributed by atoms with Crippen LogP contribution in [-0.4, -0.2) is 21.5 Å². The summed E-state index contributed by atoms with van der Waals surface area (Å²) in [7, 11) is 0. The molecule has 0 aromatic carbocycles. The van der Waals surface area contributed by atoms with Crippen LogP contribution in [0.2, 0.25) is 0 Å². The summed E-state index contributed by atoms with van der Waals surface area (Å²) in [4.78, 5) is 13.8. The molecule has 0 aliphatic heterocycles. The molecule has 4 nitrogen and oxygen atoms in total. The lowest BCUT2D eigenvalue weighted by molar-refractivity contribution is 0.690. The van der Waals surface area contributed by atoms with Gasteiger partial charge in [0.15, 0.2) is 10.8 Å². The fraction of sp³-hybridized carbons (Fsp3) is 0.500. The van der Waals surface area contributed by atoms with E-state index in [-0.39, 0.29) is 0 Å². The van der Waals surface area contributed by atoms with Gasteiger partial charge >= 0.3 is 0 Å². The van der Waals surface area contributed by atoms with Crippen LogP contribution in [-0.2, 0) is 0 Å². The second-order valence-corrected chi connectivity index (χ2v) is 6.92. The molecule has 0 atom stereocenters. The number of nitrogens with zero attached hydrogens (tertiary/aromatic N) is 3. The molecule has 1 N–H and O–H groups in total. The highest BCUT2D eigenvalue weighted by atomic mass is 127. The molecular formula is C14H17IN4S. The average molecular weight is 400 g/mol. The lowest BCUT2D eigenvalue weighted by Gasteiger charge is -2.15. The minimum Gasteiger partial charge on any atom is -0.369 e. The van der Waals surface area contributed by atoms with Crippen molar-refractivity contribution in [2.75, 3.05) is 11.9 Å². The van der Waals surface area contributed by atoms with Crippen molar-refractivity contribution in [2.24, 2.45) is 0 Å². The van der Waals surface area contributed by atoms with Gasteiger partial charge in [0.25, 0.3) is 0 Å². The molecule has 3 rings (SSSR count). The van der Waals surface area contributed by atoms with E-state index in [2.05, 4.69) is 44.8 Å². The molecule has 2 aromatic rings. The number of hydrogen-bond acceptors (Lipinski definition) is 5. The normalized spacial score (nSPS) is 15.7. The van der Waals surface area contributed by atoms with Gasteiger partial charge in [-0.3, -0.25) is 0 Å². The van der Waals surface area contributed by atoms with Gasteiger partial charge in [-0.2, -0.15) is 0 Å². The molecule has 0 unspecified atom stereocenters. The molecule has 0 amide bonds. The summed E-state index contributed by atoms with van der Waals surface area (Å²) in [5.41, 5.74) is 1.21. The molecule has 0 bridgehead atoms. The summed E-state index contributed by atoms with van der Waals surface area (Å²) in [6, 6.07) is 0. The molecule has 1 aliphatic carbocycles. The van der Waals surface area contributed by atoms with Crippen molar-refractivity contribution in [3.05, 3.63) is 20.8 Å². The van der Waals surface area contributed by atoms with Gasteiger partial charge in [-0.25, -0.2) is 15.0 Å². The predicted octanol–water partition coefficient (Wildman–Crippen LogP) is 4.29. The molecule has 1 fully saturated rings. The van der Waals surface area contributed by atoms with Crippen LogP contribution in [0.25, 0.3) is 10.8 Å². The lowest BCUT2D eigenvalue weighted by Crippen LogP contribution is -2.10. The van der Waals surface area contributed by atoms with Gasteiger partial charge in [-0.15, -0.1) is 11.3 Å². The maximum Gasteiger partial charge on any atom is 0.191 e. The van der Waals surface area contributed by atoms with Gasteiger partial charge in [-0.05, 0) is 42.4 Å². The van der Waals surface area contributed by atoms with E-state index < -0.39 is 0 Å². The maximum absolute atomic E-state index is 4.83. The summed E-state index contributed by atoms with van der Waals surface area (Å²) in [6.07, 6.45) is 6.93. The van der Waals surface area contributed by atoms with E-state index >= 15 is 0 Å². The topological polar surface area (TPSA) is 50.7 Å². The largest absolute Gasteiger partial charge is 0.369 e. The van der Waals surface area contributed by atoms with Crippen LogP contribution in [0.15, 0.2) is 11.6 Å². The number of anilines is 1. The Morgan fingerprint density at radius 2 is 2.15 bits per heavy atom. The van der Waals surface area contributed by atoms with Crippen LogP contribution >= 0.6 is 33.9 Å². The highest BCUT2D eigenvalue weighted by Crippen LogP contribution is 2.38. The summed E-state index contributed by atoms with van der Waals surface area (Å²) in [6.45, 7) is 2.96. The van der Waals surface area contributed by atoms with Gasteiger partial charge in [0.1, 0.15) is 5.82 Å². The second-order valence-electron chi connectivity index (χ2n) is 4.94. The third-order valence-corrected chi connectivity index (χ3v) is 5.42. The predicted molar refractivity (Wildman–Crippen MR) is 91.2 cm³/mol. The second kappa shape index (κ2) is 6.34. The Morgan fingerprint density at radius 3 is 2.80 bits per heavy atom. The van der Waals surface area contributed by atoms with Gasteiger partial charge in [0.05, 0.1) is 9.26 Å². The SMILES string of the molecule is CCNc1nc(-c2nccs2)nc(C2CCCC2)c1I. The first-order chi connectivity index (χ1) is 9.79. The fourth-order valence-corrected chi connectivity index (χ4v) is 4.09. The Labute approximate surface area is 136 Å². The first kappa shape index (κ1) is 14.2. The van der Waals surface area contributed by atoms with Crippen molar-refractivity contribution < 1.29 is 0 Å².